The number of aromatic nitrogens is 2. The van der Waals surface area contributed by atoms with Crippen LogP contribution >= 0.6 is 0 Å². The first-order valence-electron chi connectivity index (χ1n) is 12.6. The van der Waals surface area contributed by atoms with E-state index in [0.717, 1.165) is 29.8 Å². The van der Waals surface area contributed by atoms with Gasteiger partial charge in [0.1, 0.15) is 17.7 Å². The highest BCUT2D eigenvalue weighted by molar-refractivity contribution is 5.88. The number of nitriles is 1. The highest BCUT2D eigenvalue weighted by Gasteiger charge is 2.35. The number of nitrogens with one attached hydrogen (secondary N) is 1. The van der Waals surface area contributed by atoms with Crippen LogP contribution in [0.4, 0.5) is 17.3 Å². The molecule has 0 bridgehead atoms. The van der Waals surface area contributed by atoms with Crippen LogP contribution < -0.4 is 10.2 Å². The Morgan fingerprint density at radius 3 is 2.83 bits per heavy atom. The molecule has 1 saturated carbocycles. The van der Waals surface area contributed by atoms with Crippen LogP contribution in [0, 0.1) is 17.2 Å². The first-order chi connectivity index (χ1) is 17.4. The summed E-state index contributed by atoms with van der Waals surface area (Å²) in [7, 11) is 0. The number of hydrogen-bond acceptors (Lipinski definition) is 7. The molecule has 2 aliphatic rings. The van der Waals surface area contributed by atoms with E-state index in [9.17, 15) is 10.1 Å². The van der Waals surface area contributed by atoms with Crippen molar-refractivity contribution in [1.29, 1.82) is 5.26 Å². The van der Waals surface area contributed by atoms with Gasteiger partial charge >= 0.3 is 0 Å². The predicted molar refractivity (Wildman–Crippen MR) is 142 cm³/mol. The van der Waals surface area contributed by atoms with Gasteiger partial charge in [-0.15, -0.1) is 0 Å². The van der Waals surface area contributed by atoms with Gasteiger partial charge in [0.25, 0.3) is 0 Å². The molecule has 2 aromatic rings. The molecule has 0 aromatic carbocycles. The molecule has 4 rings (SSSR count). The van der Waals surface area contributed by atoms with Gasteiger partial charge < -0.3 is 20.2 Å². The van der Waals surface area contributed by atoms with Crippen molar-refractivity contribution in [3.63, 3.8) is 0 Å². The number of carbonyl (C=O) groups excluding carboxylic acids is 1. The average molecular weight is 487 g/mol. The second-order valence-electron chi connectivity index (χ2n) is 9.69. The molecule has 0 unspecified atom stereocenters. The van der Waals surface area contributed by atoms with Gasteiger partial charge in [-0.2, -0.15) is 5.26 Å². The van der Waals surface area contributed by atoms with Crippen LogP contribution in [0.1, 0.15) is 55.8 Å². The molecule has 0 radical (unpaired) electrons. The second-order valence-corrected chi connectivity index (χ2v) is 9.69. The minimum absolute atomic E-state index is 0.00797. The zero-order valence-electron chi connectivity index (χ0n) is 21.0. The van der Waals surface area contributed by atoms with E-state index in [-0.39, 0.29) is 24.5 Å². The molecule has 2 fully saturated rings. The van der Waals surface area contributed by atoms with E-state index in [4.69, 9.17) is 10.1 Å². The highest BCUT2D eigenvalue weighted by Crippen LogP contribution is 2.44. The van der Waals surface area contributed by atoms with Crippen LogP contribution in [0.5, 0.6) is 0 Å². The van der Waals surface area contributed by atoms with Crippen molar-refractivity contribution < 1.29 is 9.90 Å². The number of piperazine rings is 1. The lowest BCUT2D eigenvalue weighted by Crippen LogP contribution is -2.57. The first-order valence-corrected chi connectivity index (χ1v) is 12.6. The molecule has 1 aliphatic heterocycles. The first kappa shape index (κ1) is 25.4. The van der Waals surface area contributed by atoms with Crippen LogP contribution in [0.2, 0.25) is 0 Å². The summed E-state index contributed by atoms with van der Waals surface area (Å²) in [4.78, 5) is 26.3. The lowest BCUT2D eigenvalue weighted by atomic mass is 9.98. The smallest absolute Gasteiger partial charge is 0.246 e. The molecular formula is C28H34N6O2. The summed E-state index contributed by atoms with van der Waals surface area (Å²) in [6.45, 7) is 9.83. The summed E-state index contributed by atoms with van der Waals surface area (Å²) in [5.74, 6) is 1.94. The molecule has 188 valence electrons. The number of aliphatic hydroxyl groups excluding tert-OH is 1. The summed E-state index contributed by atoms with van der Waals surface area (Å²) >= 11 is 0. The molecule has 8 nitrogen and oxygen atoms in total. The average Bonchev–Trinajstić information content (AvgIpc) is 3.73. The Balaban J connectivity index is 1.62. The Labute approximate surface area is 213 Å². The molecule has 36 heavy (non-hydrogen) atoms. The number of amides is 1. The molecule has 2 aromatic heterocycles. The molecule has 2 N–H and O–H groups in total. The number of pyridine rings is 2. The third kappa shape index (κ3) is 5.74. The molecule has 1 atom stereocenters. The zero-order chi connectivity index (χ0) is 25.7. The van der Waals surface area contributed by atoms with Crippen LogP contribution in [0.3, 0.4) is 0 Å². The number of rotatable bonds is 9. The maximum Gasteiger partial charge on any atom is 0.246 e. The van der Waals surface area contributed by atoms with E-state index >= 15 is 0 Å². The van der Waals surface area contributed by atoms with E-state index in [2.05, 4.69) is 41.7 Å². The number of hydrogen-bond donors (Lipinski definition) is 2. The number of anilines is 3. The van der Waals surface area contributed by atoms with Crippen molar-refractivity contribution in [2.75, 3.05) is 36.5 Å². The predicted octanol–water partition coefficient (Wildman–Crippen LogP) is 4.22. The molecule has 8 heteroatoms. The fourth-order valence-electron chi connectivity index (χ4n) is 4.59. The van der Waals surface area contributed by atoms with Gasteiger partial charge in [-0.25, -0.2) is 9.97 Å². The van der Waals surface area contributed by atoms with Crippen molar-refractivity contribution in [2.45, 2.75) is 45.1 Å². The fourth-order valence-corrected chi connectivity index (χ4v) is 4.59. The van der Waals surface area contributed by atoms with E-state index in [1.54, 1.807) is 24.4 Å². The van der Waals surface area contributed by atoms with Crippen molar-refractivity contribution in [3.05, 3.63) is 59.9 Å². The topological polar surface area (TPSA) is 105 Å². The molecule has 3 heterocycles. The Hall–Kier alpha value is -3.70. The summed E-state index contributed by atoms with van der Waals surface area (Å²) < 4.78 is 0. The van der Waals surface area contributed by atoms with Gasteiger partial charge in [0.05, 0.1) is 23.0 Å². The second kappa shape index (κ2) is 11.4. The monoisotopic (exact) mass is 486 g/mol. The minimum atomic E-state index is -0.0391. The van der Waals surface area contributed by atoms with Gasteiger partial charge in [0.15, 0.2) is 0 Å². The minimum Gasteiger partial charge on any atom is -0.396 e. The number of carbonyl (C=O) groups is 1. The van der Waals surface area contributed by atoms with Crippen molar-refractivity contribution >= 4 is 29.3 Å². The Morgan fingerprint density at radius 1 is 1.36 bits per heavy atom. The van der Waals surface area contributed by atoms with E-state index < -0.39 is 0 Å². The molecular weight excluding hydrogens is 452 g/mol. The Kier molecular flexibility index (Phi) is 8.01. The van der Waals surface area contributed by atoms with E-state index in [1.165, 1.54) is 0 Å². The molecule has 1 saturated heterocycles. The SMILES string of the molecule is C=Cc1ccnc(Nc2cc(C#N)c(N3CCN(C(=O)/C=C/CCO)[C@H](C(C)C)C3)nc2C2CC2)c1. The van der Waals surface area contributed by atoms with Crippen LogP contribution in [0.25, 0.3) is 6.08 Å². The number of nitrogens with zero attached hydrogens (tertiary/aromatic N) is 5. The molecule has 1 aliphatic carbocycles. The summed E-state index contributed by atoms with van der Waals surface area (Å²) in [5, 5.41) is 22.4. The summed E-state index contributed by atoms with van der Waals surface area (Å²) in [5.41, 5.74) is 3.24. The zero-order valence-corrected chi connectivity index (χ0v) is 21.0. The van der Waals surface area contributed by atoms with Crippen LogP contribution in [-0.4, -0.2) is 58.2 Å². The maximum absolute atomic E-state index is 12.8. The summed E-state index contributed by atoms with van der Waals surface area (Å²) in [6, 6.07) is 8.03. The van der Waals surface area contributed by atoms with Crippen molar-refractivity contribution in [2.24, 2.45) is 5.92 Å². The van der Waals surface area contributed by atoms with Crippen LogP contribution in [-0.2, 0) is 4.79 Å². The van der Waals surface area contributed by atoms with Crippen LogP contribution in [0.15, 0.2) is 43.1 Å². The molecule has 0 spiro atoms. The fraction of sp³-hybridized carbons (Fsp3) is 0.429. The third-order valence-corrected chi connectivity index (χ3v) is 6.73. The maximum atomic E-state index is 12.8. The largest absolute Gasteiger partial charge is 0.396 e. The van der Waals surface area contributed by atoms with Crippen molar-refractivity contribution in [3.8, 4) is 6.07 Å². The Morgan fingerprint density at radius 2 is 2.17 bits per heavy atom. The highest BCUT2D eigenvalue weighted by atomic mass is 16.2. The van der Waals surface area contributed by atoms with E-state index in [1.807, 2.05) is 23.1 Å². The van der Waals surface area contributed by atoms with E-state index in [0.29, 0.717) is 49.2 Å². The quantitative estimate of drug-likeness (QED) is 0.511. The molecule has 1 amide bonds. The lowest BCUT2D eigenvalue weighted by molar-refractivity contribution is -0.129. The lowest BCUT2D eigenvalue weighted by Gasteiger charge is -2.43. The van der Waals surface area contributed by atoms with Gasteiger partial charge in [-0.05, 0) is 55.0 Å². The Bertz CT molecular complexity index is 1180. The van der Waals surface area contributed by atoms with Crippen molar-refractivity contribution in [1.82, 2.24) is 14.9 Å². The summed E-state index contributed by atoms with van der Waals surface area (Å²) in [6.07, 6.45) is 9.39. The number of aliphatic hydroxyl groups is 1. The standard InChI is InChI=1S/C28H34N6O2/c1-4-20-10-11-30-25(15-20)31-23-16-22(17-29)28(32-27(23)21-8-9-21)33-12-13-34(24(18-33)19(2)3)26(36)7-5-6-14-35/h4-5,7,10-11,15-16,19,21,24,35H,1,6,8-9,12-14,18H2,2-3H3,(H,30,31)/b7-5+/t24-/m0/s1. The van der Waals surface area contributed by atoms with Gasteiger partial charge in [-0.1, -0.05) is 32.6 Å². The van der Waals surface area contributed by atoms with Gasteiger partial charge in [0, 0.05) is 38.4 Å². The normalized spacial score (nSPS) is 17.9. The van der Waals surface area contributed by atoms with Gasteiger partial charge in [-0.3, -0.25) is 4.79 Å². The third-order valence-electron chi connectivity index (χ3n) is 6.73. The van der Waals surface area contributed by atoms with Gasteiger partial charge in [0.2, 0.25) is 5.91 Å².